The van der Waals surface area contributed by atoms with Gasteiger partial charge in [-0.25, -0.2) is 4.68 Å². The molecule has 11 heavy (non-hydrogen) atoms. The minimum absolute atomic E-state index is 0.0214. The molecule has 1 aromatic rings. The molecule has 0 radical (unpaired) electrons. The molecule has 1 heterocycles. The lowest BCUT2D eigenvalue weighted by Gasteiger charge is -2.07. The first-order valence-electron chi connectivity index (χ1n) is 3.76. The van der Waals surface area contributed by atoms with Crippen molar-refractivity contribution in [3.05, 3.63) is 16.4 Å². The first-order chi connectivity index (χ1) is 5.20. The molecule has 0 aliphatic carbocycles. The Balaban J connectivity index is 3.29. The Morgan fingerprint density at radius 1 is 1.36 bits per heavy atom. The zero-order valence-electron chi connectivity index (χ0n) is 6.87. The summed E-state index contributed by atoms with van der Waals surface area (Å²) in [6.07, 6.45) is 0. The Morgan fingerprint density at radius 2 is 1.91 bits per heavy atom. The third-order valence-electron chi connectivity index (χ3n) is 1.71. The van der Waals surface area contributed by atoms with E-state index >= 15 is 0 Å². The highest BCUT2D eigenvalue weighted by Crippen LogP contribution is 1.98. The Morgan fingerprint density at radius 3 is 2.27 bits per heavy atom. The van der Waals surface area contributed by atoms with E-state index in [4.69, 9.17) is 5.73 Å². The molecular weight excluding hydrogens is 142 g/mol. The van der Waals surface area contributed by atoms with Crippen LogP contribution >= 0.6 is 0 Å². The van der Waals surface area contributed by atoms with E-state index in [1.807, 2.05) is 13.8 Å². The van der Waals surface area contributed by atoms with Crippen LogP contribution < -0.4 is 11.3 Å². The van der Waals surface area contributed by atoms with Gasteiger partial charge in [-0.2, -0.15) is 0 Å². The van der Waals surface area contributed by atoms with E-state index in [9.17, 15) is 4.79 Å². The number of hydrogen-bond donors (Lipinski definition) is 1. The van der Waals surface area contributed by atoms with Crippen molar-refractivity contribution in [2.24, 2.45) is 0 Å². The molecule has 4 heteroatoms. The van der Waals surface area contributed by atoms with Crippen molar-refractivity contribution < 1.29 is 0 Å². The van der Waals surface area contributed by atoms with Gasteiger partial charge in [0.1, 0.15) is 5.82 Å². The molecule has 1 aromatic heterocycles. The molecule has 0 amide bonds. The van der Waals surface area contributed by atoms with Gasteiger partial charge in [-0.3, -0.25) is 9.48 Å². The van der Waals surface area contributed by atoms with E-state index in [1.54, 1.807) is 9.36 Å². The second-order valence-corrected chi connectivity index (χ2v) is 2.34. The summed E-state index contributed by atoms with van der Waals surface area (Å²) < 4.78 is 3.39. The highest BCUT2D eigenvalue weighted by atomic mass is 16.1. The summed E-state index contributed by atoms with van der Waals surface area (Å²) in [5.41, 5.74) is 5.55. The van der Waals surface area contributed by atoms with Gasteiger partial charge < -0.3 is 5.73 Å². The van der Waals surface area contributed by atoms with Crippen LogP contribution in [0.25, 0.3) is 0 Å². The van der Waals surface area contributed by atoms with Gasteiger partial charge in [0.15, 0.2) is 0 Å². The molecule has 62 valence electrons. The Hall–Kier alpha value is -1.19. The summed E-state index contributed by atoms with van der Waals surface area (Å²) in [6.45, 7) is 5.29. The SMILES string of the molecule is CCn1c(N)cc(=O)n1CC. The van der Waals surface area contributed by atoms with Crippen LogP contribution in [0.2, 0.25) is 0 Å². The maximum absolute atomic E-state index is 11.1. The van der Waals surface area contributed by atoms with Crippen LogP contribution in [0, 0.1) is 0 Å². The summed E-state index contributed by atoms with van der Waals surface area (Å²) >= 11 is 0. The van der Waals surface area contributed by atoms with Crippen molar-refractivity contribution >= 4 is 5.82 Å². The monoisotopic (exact) mass is 155 g/mol. The van der Waals surface area contributed by atoms with E-state index in [0.717, 1.165) is 6.54 Å². The number of nitrogen functional groups attached to an aromatic ring is 1. The summed E-state index contributed by atoms with van der Waals surface area (Å²) in [7, 11) is 0. The molecule has 2 N–H and O–H groups in total. The standard InChI is InChI=1S/C7H13N3O/c1-3-9-6(8)5-7(11)10(9)4-2/h5H,3-4,8H2,1-2H3. The van der Waals surface area contributed by atoms with E-state index in [2.05, 4.69) is 0 Å². The largest absolute Gasteiger partial charge is 0.384 e. The highest BCUT2D eigenvalue weighted by Gasteiger charge is 2.03. The van der Waals surface area contributed by atoms with Crippen LogP contribution in [-0.4, -0.2) is 9.36 Å². The Labute approximate surface area is 65.2 Å². The van der Waals surface area contributed by atoms with Crippen LogP contribution in [0.15, 0.2) is 10.9 Å². The number of rotatable bonds is 2. The average molecular weight is 155 g/mol. The maximum Gasteiger partial charge on any atom is 0.268 e. The van der Waals surface area contributed by atoms with Gasteiger partial charge >= 0.3 is 0 Å². The van der Waals surface area contributed by atoms with Crippen LogP contribution in [0.5, 0.6) is 0 Å². The fourth-order valence-corrected chi connectivity index (χ4v) is 1.21. The first-order valence-corrected chi connectivity index (χ1v) is 3.76. The molecule has 0 aliphatic heterocycles. The Bertz CT molecular complexity index is 297. The van der Waals surface area contributed by atoms with Gasteiger partial charge in [0, 0.05) is 19.2 Å². The maximum atomic E-state index is 11.1. The van der Waals surface area contributed by atoms with E-state index in [0.29, 0.717) is 12.4 Å². The van der Waals surface area contributed by atoms with Gasteiger partial charge in [-0.05, 0) is 13.8 Å². The summed E-state index contributed by atoms with van der Waals surface area (Å²) in [4.78, 5) is 11.1. The molecular formula is C7H13N3O. The molecule has 0 unspecified atom stereocenters. The molecule has 0 aromatic carbocycles. The van der Waals surface area contributed by atoms with Crippen molar-refractivity contribution in [2.45, 2.75) is 26.9 Å². The predicted molar refractivity (Wildman–Crippen MR) is 44.5 cm³/mol. The van der Waals surface area contributed by atoms with Gasteiger partial charge in [0.25, 0.3) is 5.56 Å². The summed E-state index contributed by atoms with van der Waals surface area (Å²) in [5.74, 6) is 0.541. The molecule has 4 nitrogen and oxygen atoms in total. The smallest absolute Gasteiger partial charge is 0.268 e. The first kappa shape index (κ1) is 7.91. The molecule has 0 saturated carbocycles. The fourth-order valence-electron chi connectivity index (χ4n) is 1.21. The molecule has 0 fully saturated rings. The summed E-state index contributed by atoms with van der Waals surface area (Å²) in [5, 5.41) is 0. The highest BCUT2D eigenvalue weighted by molar-refractivity contribution is 5.26. The topological polar surface area (TPSA) is 52.9 Å². The van der Waals surface area contributed by atoms with E-state index < -0.39 is 0 Å². The van der Waals surface area contributed by atoms with Gasteiger partial charge in [-0.1, -0.05) is 0 Å². The van der Waals surface area contributed by atoms with Gasteiger partial charge in [0.2, 0.25) is 0 Å². The van der Waals surface area contributed by atoms with Crippen molar-refractivity contribution in [3.8, 4) is 0 Å². The quantitative estimate of drug-likeness (QED) is 0.666. The lowest BCUT2D eigenvalue weighted by atomic mass is 10.6. The third-order valence-corrected chi connectivity index (χ3v) is 1.71. The number of aromatic nitrogens is 2. The molecule has 0 atom stereocenters. The van der Waals surface area contributed by atoms with Crippen LogP contribution in [0.3, 0.4) is 0 Å². The van der Waals surface area contributed by atoms with E-state index in [1.165, 1.54) is 6.07 Å². The van der Waals surface area contributed by atoms with Crippen LogP contribution in [0.4, 0.5) is 5.82 Å². The number of anilines is 1. The molecule has 0 spiro atoms. The minimum Gasteiger partial charge on any atom is -0.384 e. The van der Waals surface area contributed by atoms with Gasteiger partial charge in [-0.15, -0.1) is 0 Å². The predicted octanol–water partition coefficient (Wildman–Crippen LogP) is 0.272. The molecule has 0 bridgehead atoms. The normalized spacial score (nSPS) is 10.4. The second-order valence-electron chi connectivity index (χ2n) is 2.34. The second kappa shape index (κ2) is 2.82. The zero-order valence-corrected chi connectivity index (χ0v) is 6.87. The number of nitrogens with two attached hydrogens (primary N) is 1. The molecule has 0 aliphatic rings. The van der Waals surface area contributed by atoms with Crippen molar-refractivity contribution in [3.63, 3.8) is 0 Å². The third kappa shape index (κ3) is 1.15. The number of hydrogen-bond acceptors (Lipinski definition) is 2. The van der Waals surface area contributed by atoms with Crippen molar-refractivity contribution in [2.75, 3.05) is 5.73 Å². The lowest BCUT2D eigenvalue weighted by Crippen LogP contribution is -2.21. The summed E-state index contributed by atoms with van der Waals surface area (Å²) in [6, 6.07) is 1.45. The van der Waals surface area contributed by atoms with Gasteiger partial charge in [0.05, 0.1) is 0 Å². The molecule has 0 saturated heterocycles. The van der Waals surface area contributed by atoms with Crippen LogP contribution in [0.1, 0.15) is 13.8 Å². The minimum atomic E-state index is -0.0214. The number of nitrogens with zero attached hydrogens (tertiary/aromatic N) is 2. The van der Waals surface area contributed by atoms with Crippen molar-refractivity contribution in [1.82, 2.24) is 9.36 Å². The fraction of sp³-hybridized carbons (Fsp3) is 0.571. The zero-order chi connectivity index (χ0) is 8.43. The van der Waals surface area contributed by atoms with Crippen LogP contribution in [-0.2, 0) is 13.1 Å². The van der Waals surface area contributed by atoms with E-state index in [-0.39, 0.29) is 5.56 Å². The average Bonchev–Trinajstić information content (AvgIpc) is 2.24. The Kier molecular flexibility index (Phi) is 2.03. The molecule has 1 rings (SSSR count). The lowest BCUT2D eigenvalue weighted by molar-refractivity contribution is 0.483. The van der Waals surface area contributed by atoms with Crippen molar-refractivity contribution in [1.29, 1.82) is 0 Å².